The summed E-state index contributed by atoms with van der Waals surface area (Å²) in [5, 5.41) is 8.83. The van der Waals surface area contributed by atoms with Gasteiger partial charge in [-0.2, -0.15) is 0 Å². The molecule has 5 heteroatoms. The minimum Gasteiger partial charge on any atom is -0.490 e. The Morgan fingerprint density at radius 3 is 2.55 bits per heavy atom. The van der Waals surface area contributed by atoms with Crippen molar-refractivity contribution in [3.63, 3.8) is 0 Å². The Morgan fingerprint density at radius 1 is 1.30 bits per heavy atom. The maximum atomic E-state index is 10.8. The Hall–Kier alpha value is -1.75. The summed E-state index contributed by atoms with van der Waals surface area (Å²) in [4.78, 5) is 10.8. The summed E-state index contributed by atoms with van der Waals surface area (Å²) in [6, 6.07) is 4.51. The van der Waals surface area contributed by atoms with Crippen molar-refractivity contribution >= 4 is 5.97 Å². The van der Waals surface area contributed by atoms with Crippen molar-refractivity contribution in [3.05, 3.63) is 23.8 Å². The number of carbonyl (C=O) groups is 1. The zero-order valence-corrected chi connectivity index (χ0v) is 12.3. The third-order valence-electron chi connectivity index (χ3n) is 2.65. The standard InChI is InChI=1S/C15H23NO4/c1-4-19-14-8-11(7-12(16)15(17)18)5-6-13(14)20-9-10(2)3/h5-6,8,10,12H,4,7,9,16H2,1-3H3,(H,17,18). The Labute approximate surface area is 119 Å². The largest absolute Gasteiger partial charge is 0.490 e. The Bertz CT molecular complexity index is 445. The molecule has 0 radical (unpaired) electrons. The lowest BCUT2D eigenvalue weighted by Gasteiger charge is -2.15. The van der Waals surface area contributed by atoms with Gasteiger partial charge in [0.15, 0.2) is 11.5 Å². The van der Waals surface area contributed by atoms with Crippen molar-refractivity contribution in [2.75, 3.05) is 13.2 Å². The number of carboxylic acid groups (broad SMARTS) is 1. The molecule has 1 rings (SSSR count). The van der Waals surface area contributed by atoms with Crippen molar-refractivity contribution in [2.24, 2.45) is 11.7 Å². The molecule has 0 aliphatic heterocycles. The Kier molecular flexibility index (Phi) is 6.31. The van der Waals surface area contributed by atoms with E-state index in [1.165, 1.54) is 0 Å². The molecule has 3 N–H and O–H groups in total. The molecule has 0 bridgehead atoms. The highest BCUT2D eigenvalue weighted by Crippen LogP contribution is 2.29. The molecule has 5 nitrogen and oxygen atoms in total. The van der Waals surface area contributed by atoms with E-state index in [0.29, 0.717) is 30.6 Å². The van der Waals surface area contributed by atoms with Crippen LogP contribution in [0.5, 0.6) is 11.5 Å². The number of rotatable bonds is 8. The number of nitrogens with two attached hydrogens (primary N) is 1. The summed E-state index contributed by atoms with van der Waals surface area (Å²) >= 11 is 0. The van der Waals surface area contributed by atoms with Crippen molar-refractivity contribution in [1.29, 1.82) is 0 Å². The average molecular weight is 281 g/mol. The molecule has 0 aliphatic rings. The van der Waals surface area contributed by atoms with Crippen LogP contribution >= 0.6 is 0 Å². The number of carboxylic acids is 1. The Morgan fingerprint density at radius 2 is 2.00 bits per heavy atom. The van der Waals surface area contributed by atoms with Gasteiger partial charge in [0.25, 0.3) is 0 Å². The zero-order valence-electron chi connectivity index (χ0n) is 12.3. The van der Waals surface area contributed by atoms with Gasteiger partial charge in [-0.25, -0.2) is 0 Å². The molecule has 0 saturated heterocycles. The summed E-state index contributed by atoms with van der Waals surface area (Å²) in [6.45, 7) is 7.16. The normalized spacial score (nSPS) is 12.2. The van der Waals surface area contributed by atoms with E-state index in [1.54, 1.807) is 12.1 Å². The fraction of sp³-hybridized carbons (Fsp3) is 0.533. The number of benzene rings is 1. The molecule has 0 heterocycles. The molecule has 0 aromatic heterocycles. The first-order valence-corrected chi connectivity index (χ1v) is 6.81. The van der Waals surface area contributed by atoms with Crippen LogP contribution in [-0.2, 0) is 11.2 Å². The average Bonchev–Trinajstić information content (AvgIpc) is 2.37. The van der Waals surface area contributed by atoms with Gasteiger partial charge in [-0.3, -0.25) is 4.79 Å². The first-order valence-electron chi connectivity index (χ1n) is 6.81. The third-order valence-corrected chi connectivity index (χ3v) is 2.65. The number of aliphatic carboxylic acids is 1. The molecular weight excluding hydrogens is 258 g/mol. The highest BCUT2D eigenvalue weighted by atomic mass is 16.5. The van der Waals surface area contributed by atoms with Crippen LogP contribution in [0.2, 0.25) is 0 Å². The van der Waals surface area contributed by atoms with Crippen LogP contribution in [0, 0.1) is 5.92 Å². The van der Waals surface area contributed by atoms with Gasteiger partial charge in [0.2, 0.25) is 0 Å². The van der Waals surface area contributed by atoms with Gasteiger partial charge in [-0.1, -0.05) is 19.9 Å². The Balaban J connectivity index is 2.85. The van der Waals surface area contributed by atoms with Crippen LogP contribution in [0.25, 0.3) is 0 Å². The number of hydrogen-bond donors (Lipinski definition) is 2. The van der Waals surface area contributed by atoms with Gasteiger partial charge in [0.05, 0.1) is 13.2 Å². The van der Waals surface area contributed by atoms with E-state index in [2.05, 4.69) is 13.8 Å². The second-order valence-corrected chi connectivity index (χ2v) is 5.07. The van der Waals surface area contributed by atoms with Crippen LogP contribution in [0.3, 0.4) is 0 Å². The van der Waals surface area contributed by atoms with E-state index >= 15 is 0 Å². The number of hydrogen-bond acceptors (Lipinski definition) is 4. The lowest BCUT2D eigenvalue weighted by Crippen LogP contribution is -2.32. The first-order chi connectivity index (χ1) is 9.43. The molecule has 0 spiro atoms. The van der Waals surface area contributed by atoms with E-state index in [-0.39, 0.29) is 6.42 Å². The van der Waals surface area contributed by atoms with Crippen LogP contribution < -0.4 is 15.2 Å². The number of ether oxygens (including phenoxy) is 2. The van der Waals surface area contributed by atoms with E-state index in [1.807, 2.05) is 13.0 Å². The van der Waals surface area contributed by atoms with Crippen LogP contribution in [0.15, 0.2) is 18.2 Å². The van der Waals surface area contributed by atoms with E-state index in [9.17, 15) is 4.79 Å². The van der Waals surface area contributed by atoms with Crippen molar-refractivity contribution in [3.8, 4) is 11.5 Å². The van der Waals surface area contributed by atoms with E-state index in [4.69, 9.17) is 20.3 Å². The van der Waals surface area contributed by atoms with Gasteiger partial charge in [-0.05, 0) is 37.0 Å². The molecule has 20 heavy (non-hydrogen) atoms. The molecule has 1 atom stereocenters. The minimum atomic E-state index is -1.01. The molecular formula is C15H23NO4. The second-order valence-electron chi connectivity index (χ2n) is 5.07. The highest BCUT2D eigenvalue weighted by molar-refractivity contribution is 5.73. The molecule has 1 aromatic rings. The predicted octanol–water partition coefficient (Wildman–Crippen LogP) is 2.07. The second kappa shape index (κ2) is 7.75. The lowest BCUT2D eigenvalue weighted by atomic mass is 10.1. The fourth-order valence-electron chi connectivity index (χ4n) is 1.66. The lowest BCUT2D eigenvalue weighted by molar-refractivity contribution is -0.138. The summed E-state index contributed by atoms with van der Waals surface area (Å²) < 4.78 is 11.2. The van der Waals surface area contributed by atoms with Crippen molar-refractivity contribution < 1.29 is 19.4 Å². The third kappa shape index (κ3) is 5.09. The van der Waals surface area contributed by atoms with Crippen molar-refractivity contribution in [1.82, 2.24) is 0 Å². The minimum absolute atomic E-state index is 0.264. The SMILES string of the molecule is CCOc1cc(CC(N)C(=O)O)ccc1OCC(C)C. The van der Waals surface area contributed by atoms with Gasteiger partial charge in [0, 0.05) is 0 Å². The van der Waals surface area contributed by atoms with Gasteiger partial charge in [0.1, 0.15) is 6.04 Å². The molecule has 1 unspecified atom stereocenters. The molecule has 1 aromatic carbocycles. The topological polar surface area (TPSA) is 81.8 Å². The maximum Gasteiger partial charge on any atom is 0.320 e. The van der Waals surface area contributed by atoms with Crippen molar-refractivity contribution in [2.45, 2.75) is 33.2 Å². The van der Waals surface area contributed by atoms with E-state index in [0.717, 1.165) is 5.56 Å². The first kappa shape index (κ1) is 16.3. The summed E-state index contributed by atoms with van der Waals surface area (Å²) in [5.41, 5.74) is 6.36. The maximum absolute atomic E-state index is 10.8. The van der Waals surface area contributed by atoms with Crippen LogP contribution in [-0.4, -0.2) is 30.3 Å². The summed E-state index contributed by atoms with van der Waals surface area (Å²) in [5.74, 6) is 0.712. The van der Waals surface area contributed by atoms with Crippen LogP contribution in [0.4, 0.5) is 0 Å². The quantitative estimate of drug-likeness (QED) is 0.762. The molecule has 0 fully saturated rings. The molecule has 0 saturated carbocycles. The monoisotopic (exact) mass is 281 g/mol. The summed E-state index contributed by atoms with van der Waals surface area (Å²) in [7, 11) is 0. The molecule has 112 valence electrons. The van der Waals surface area contributed by atoms with Crippen LogP contribution in [0.1, 0.15) is 26.3 Å². The smallest absolute Gasteiger partial charge is 0.320 e. The summed E-state index contributed by atoms with van der Waals surface area (Å²) in [6.07, 6.45) is 0.264. The van der Waals surface area contributed by atoms with E-state index < -0.39 is 12.0 Å². The fourth-order valence-corrected chi connectivity index (χ4v) is 1.66. The van der Waals surface area contributed by atoms with Gasteiger partial charge < -0.3 is 20.3 Å². The zero-order chi connectivity index (χ0) is 15.1. The van der Waals surface area contributed by atoms with Gasteiger partial charge in [-0.15, -0.1) is 0 Å². The highest BCUT2D eigenvalue weighted by Gasteiger charge is 2.14. The molecule has 0 aliphatic carbocycles. The predicted molar refractivity (Wildman–Crippen MR) is 77.3 cm³/mol. The van der Waals surface area contributed by atoms with Gasteiger partial charge >= 0.3 is 5.97 Å². The molecule has 0 amide bonds.